The fourth-order valence-corrected chi connectivity index (χ4v) is 0.895. The molecule has 6 nitrogen and oxygen atoms in total. The van der Waals surface area contributed by atoms with E-state index >= 15 is 0 Å². The van der Waals surface area contributed by atoms with Crippen LogP contribution in [0, 0.1) is 6.92 Å². The lowest BCUT2D eigenvalue weighted by atomic mass is 10.4. The Bertz CT molecular complexity index is 332. The van der Waals surface area contributed by atoms with Crippen LogP contribution in [0.2, 0.25) is 0 Å². The molecule has 0 saturated carbocycles. The third-order valence-corrected chi connectivity index (χ3v) is 1.56. The minimum absolute atomic E-state index is 0.198. The van der Waals surface area contributed by atoms with E-state index in [0.29, 0.717) is 11.4 Å². The molecule has 0 saturated heterocycles. The van der Waals surface area contributed by atoms with Crippen molar-refractivity contribution in [1.82, 2.24) is 9.78 Å². The van der Waals surface area contributed by atoms with Gasteiger partial charge in [0.05, 0.1) is 12.8 Å². The number of aryl methyl sites for hydroxylation is 2. The minimum atomic E-state index is -0.810. The van der Waals surface area contributed by atoms with Crippen molar-refractivity contribution in [2.24, 2.45) is 7.05 Å². The van der Waals surface area contributed by atoms with E-state index < -0.39 is 6.16 Å². The zero-order valence-corrected chi connectivity index (χ0v) is 7.70. The predicted molar refractivity (Wildman–Crippen MR) is 45.4 cm³/mol. The molecule has 1 aromatic rings. The Morgan fingerprint density at radius 3 is 2.62 bits per heavy atom. The highest BCUT2D eigenvalue weighted by Gasteiger charge is 2.15. The molecule has 6 heteroatoms. The normalized spacial score (nSPS) is 9.77. The van der Waals surface area contributed by atoms with Gasteiger partial charge in [-0.05, 0) is 6.92 Å². The van der Waals surface area contributed by atoms with Crippen LogP contribution in [0.3, 0.4) is 0 Å². The number of carbonyl (C=O) groups is 1. The maximum atomic E-state index is 10.8. The Morgan fingerprint density at radius 2 is 2.23 bits per heavy atom. The summed E-state index contributed by atoms with van der Waals surface area (Å²) in [5, 5.41) is 3.96. The van der Waals surface area contributed by atoms with E-state index in [9.17, 15) is 4.79 Å². The van der Waals surface area contributed by atoms with Crippen LogP contribution in [0.15, 0.2) is 0 Å². The van der Waals surface area contributed by atoms with Crippen molar-refractivity contribution in [2.45, 2.75) is 6.92 Å². The second kappa shape index (κ2) is 3.34. The van der Waals surface area contributed by atoms with Crippen molar-refractivity contribution in [3.8, 4) is 5.88 Å². The molecule has 0 spiro atoms. The zero-order valence-electron chi connectivity index (χ0n) is 7.70. The summed E-state index contributed by atoms with van der Waals surface area (Å²) in [5.74, 6) is 0.198. The molecular weight excluding hydrogens is 174 g/mol. The number of nitrogen functional groups attached to an aromatic ring is 1. The van der Waals surface area contributed by atoms with Crippen LogP contribution >= 0.6 is 0 Å². The van der Waals surface area contributed by atoms with Gasteiger partial charge >= 0.3 is 6.16 Å². The SMILES string of the molecule is COC(=O)Oc1c(N)c(C)nn1C. The van der Waals surface area contributed by atoms with Crippen molar-refractivity contribution in [2.75, 3.05) is 12.8 Å². The van der Waals surface area contributed by atoms with Gasteiger partial charge in [-0.3, -0.25) is 0 Å². The molecule has 0 fully saturated rings. The fourth-order valence-electron chi connectivity index (χ4n) is 0.895. The Labute approximate surface area is 75.2 Å². The highest BCUT2D eigenvalue weighted by atomic mass is 16.7. The van der Waals surface area contributed by atoms with Gasteiger partial charge in [0.2, 0.25) is 5.88 Å². The second-order valence-corrected chi connectivity index (χ2v) is 2.48. The van der Waals surface area contributed by atoms with Crippen molar-refractivity contribution in [3.05, 3.63) is 5.69 Å². The molecule has 0 amide bonds. The lowest BCUT2D eigenvalue weighted by Gasteiger charge is -2.02. The van der Waals surface area contributed by atoms with Crippen LogP contribution in [-0.4, -0.2) is 23.0 Å². The van der Waals surface area contributed by atoms with Crippen LogP contribution in [0.4, 0.5) is 10.5 Å². The van der Waals surface area contributed by atoms with E-state index in [2.05, 4.69) is 9.84 Å². The molecule has 0 bridgehead atoms. The minimum Gasteiger partial charge on any atom is -0.437 e. The molecule has 13 heavy (non-hydrogen) atoms. The van der Waals surface area contributed by atoms with Gasteiger partial charge in [0.15, 0.2) is 0 Å². The van der Waals surface area contributed by atoms with Gasteiger partial charge in [-0.25, -0.2) is 9.48 Å². The van der Waals surface area contributed by atoms with E-state index in [4.69, 9.17) is 10.5 Å². The number of aromatic nitrogens is 2. The standard InChI is InChI=1S/C7H11N3O3/c1-4-5(8)6(10(2)9-4)13-7(11)12-3/h8H2,1-3H3. The molecule has 0 radical (unpaired) electrons. The van der Waals surface area contributed by atoms with Crippen LogP contribution < -0.4 is 10.5 Å². The molecule has 1 heterocycles. The molecule has 1 aromatic heterocycles. The number of carbonyl (C=O) groups excluding carboxylic acids is 1. The van der Waals surface area contributed by atoms with E-state index in [-0.39, 0.29) is 5.88 Å². The summed E-state index contributed by atoms with van der Waals surface area (Å²) in [6, 6.07) is 0. The molecule has 0 aliphatic rings. The summed E-state index contributed by atoms with van der Waals surface area (Å²) in [4.78, 5) is 10.8. The van der Waals surface area contributed by atoms with E-state index in [0.717, 1.165) is 0 Å². The Hall–Kier alpha value is -1.72. The first-order valence-electron chi connectivity index (χ1n) is 3.61. The van der Waals surface area contributed by atoms with Gasteiger partial charge in [0.1, 0.15) is 5.69 Å². The first kappa shape index (κ1) is 9.37. The number of ether oxygens (including phenoxy) is 2. The summed E-state index contributed by atoms with van der Waals surface area (Å²) < 4.78 is 10.5. The lowest BCUT2D eigenvalue weighted by Crippen LogP contribution is -2.11. The number of hydrogen-bond acceptors (Lipinski definition) is 5. The Morgan fingerprint density at radius 1 is 1.62 bits per heavy atom. The summed E-state index contributed by atoms with van der Waals surface area (Å²) in [7, 11) is 2.85. The quantitative estimate of drug-likeness (QED) is 0.643. The van der Waals surface area contributed by atoms with Crippen LogP contribution in [0.25, 0.3) is 0 Å². The Balaban J connectivity index is 2.94. The van der Waals surface area contributed by atoms with Gasteiger partial charge in [0, 0.05) is 7.05 Å². The average Bonchev–Trinajstić information content (AvgIpc) is 2.32. The monoisotopic (exact) mass is 185 g/mol. The Kier molecular flexibility index (Phi) is 2.41. The second-order valence-electron chi connectivity index (χ2n) is 2.48. The molecule has 2 N–H and O–H groups in total. The summed E-state index contributed by atoms with van der Waals surface area (Å²) >= 11 is 0. The maximum Gasteiger partial charge on any atom is 0.514 e. The van der Waals surface area contributed by atoms with Gasteiger partial charge in [-0.1, -0.05) is 0 Å². The van der Waals surface area contributed by atoms with Crippen molar-refractivity contribution in [1.29, 1.82) is 0 Å². The predicted octanol–water partition coefficient (Wildman–Crippen LogP) is 0.456. The van der Waals surface area contributed by atoms with Crippen LogP contribution in [-0.2, 0) is 11.8 Å². The van der Waals surface area contributed by atoms with Gasteiger partial charge < -0.3 is 15.2 Å². The molecule has 0 aromatic carbocycles. The van der Waals surface area contributed by atoms with Gasteiger partial charge in [-0.2, -0.15) is 5.10 Å². The van der Waals surface area contributed by atoms with Crippen LogP contribution in [0.1, 0.15) is 5.69 Å². The molecule has 1 rings (SSSR count). The molecule has 0 unspecified atom stereocenters. The number of methoxy groups -OCH3 is 1. The third-order valence-electron chi connectivity index (χ3n) is 1.56. The number of hydrogen-bond donors (Lipinski definition) is 1. The highest BCUT2D eigenvalue weighted by molar-refractivity contribution is 5.66. The highest BCUT2D eigenvalue weighted by Crippen LogP contribution is 2.23. The van der Waals surface area contributed by atoms with Crippen molar-refractivity contribution < 1.29 is 14.3 Å². The van der Waals surface area contributed by atoms with E-state index in [1.165, 1.54) is 11.8 Å². The summed E-state index contributed by atoms with van der Waals surface area (Å²) in [6.07, 6.45) is -0.810. The third kappa shape index (κ3) is 1.71. The maximum absolute atomic E-state index is 10.8. The summed E-state index contributed by atoms with van der Waals surface area (Å²) in [6.45, 7) is 1.72. The number of nitrogens with zero attached hydrogens (tertiary/aromatic N) is 2. The number of nitrogens with two attached hydrogens (primary N) is 1. The molecule has 0 aliphatic carbocycles. The topological polar surface area (TPSA) is 79.4 Å². The first-order chi connectivity index (χ1) is 6.06. The summed E-state index contributed by atoms with van der Waals surface area (Å²) in [5.41, 5.74) is 6.54. The molecule has 72 valence electrons. The van der Waals surface area contributed by atoms with Gasteiger partial charge in [-0.15, -0.1) is 0 Å². The fraction of sp³-hybridized carbons (Fsp3) is 0.429. The van der Waals surface area contributed by atoms with Gasteiger partial charge in [0.25, 0.3) is 0 Å². The first-order valence-corrected chi connectivity index (χ1v) is 3.61. The molecule has 0 aliphatic heterocycles. The van der Waals surface area contributed by atoms with E-state index in [1.54, 1.807) is 14.0 Å². The number of rotatable bonds is 1. The lowest BCUT2D eigenvalue weighted by molar-refractivity contribution is 0.118. The van der Waals surface area contributed by atoms with Crippen LogP contribution in [0.5, 0.6) is 5.88 Å². The molecular formula is C7H11N3O3. The average molecular weight is 185 g/mol. The molecule has 0 atom stereocenters. The van der Waals surface area contributed by atoms with Crippen molar-refractivity contribution >= 4 is 11.8 Å². The zero-order chi connectivity index (χ0) is 10.0. The number of anilines is 1. The van der Waals surface area contributed by atoms with E-state index in [1.807, 2.05) is 0 Å². The van der Waals surface area contributed by atoms with Crippen molar-refractivity contribution in [3.63, 3.8) is 0 Å². The smallest absolute Gasteiger partial charge is 0.437 e. The largest absolute Gasteiger partial charge is 0.514 e.